The molecule has 0 amide bonds. The summed E-state index contributed by atoms with van der Waals surface area (Å²) in [4.78, 5) is 4.24. The summed E-state index contributed by atoms with van der Waals surface area (Å²) in [6.07, 6.45) is 5.52. The highest BCUT2D eigenvalue weighted by Crippen LogP contribution is 2.01. The van der Waals surface area contributed by atoms with Crippen molar-refractivity contribution in [1.82, 2.24) is 9.55 Å². The molecule has 1 atom stereocenters. The molecule has 16 heavy (non-hydrogen) atoms. The minimum atomic E-state index is 0.0635. The minimum Gasteiger partial charge on any atom is -0.382 e. The summed E-state index contributed by atoms with van der Waals surface area (Å²) in [7, 11) is 3.65. The highest BCUT2D eigenvalue weighted by molar-refractivity contribution is 4.91. The molecular formula is C11H21N3O2. The van der Waals surface area contributed by atoms with Gasteiger partial charge in [0, 0.05) is 39.0 Å². The molecule has 5 heteroatoms. The van der Waals surface area contributed by atoms with Gasteiger partial charge in [-0.15, -0.1) is 0 Å². The Morgan fingerprint density at radius 2 is 2.31 bits per heavy atom. The molecule has 0 aromatic carbocycles. The van der Waals surface area contributed by atoms with Crippen molar-refractivity contribution in [3.05, 3.63) is 18.2 Å². The molecule has 0 spiro atoms. The average Bonchev–Trinajstić information content (AvgIpc) is 2.67. The van der Waals surface area contributed by atoms with Crippen molar-refractivity contribution in [3.8, 4) is 0 Å². The molecule has 0 fully saturated rings. The van der Waals surface area contributed by atoms with E-state index in [9.17, 15) is 0 Å². The third-order valence-electron chi connectivity index (χ3n) is 2.42. The fourth-order valence-electron chi connectivity index (χ4n) is 1.41. The maximum Gasteiger partial charge on any atom is 0.108 e. The van der Waals surface area contributed by atoms with Crippen LogP contribution in [0.15, 0.2) is 12.4 Å². The lowest BCUT2D eigenvalue weighted by Gasteiger charge is -2.11. The van der Waals surface area contributed by atoms with Crippen molar-refractivity contribution in [1.29, 1.82) is 0 Å². The summed E-state index contributed by atoms with van der Waals surface area (Å²) in [6.45, 7) is 1.80. The summed E-state index contributed by atoms with van der Waals surface area (Å²) >= 11 is 0. The Labute approximate surface area is 96.6 Å². The average molecular weight is 227 g/mol. The molecule has 0 aliphatic heterocycles. The van der Waals surface area contributed by atoms with E-state index in [1.807, 2.05) is 17.8 Å². The SMILES string of the molecule is COCCOCC(N)CCc1nccn1C. The molecule has 1 aromatic rings. The van der Waals surface area contributed by atoms with E-state index in [1.54, 1.807) is 13.3 Å². The van der Waals surface area contributed by atoms with Gasteiger partial charge in [-0.05, 0) is 6.42 Å². The second-order valence-electron chi connectivity index (χ2n) is 3.82. The fourth-order valence-corrected chi connectivity index (χ4v) is 1.41. The van der Waals surface area contributed by atoms with E-state index in [0.29, 0.717) is 19.8 Å². The van der Waals surface area contributed by atoms with Crippen LogP contribution in [0.5, 0.6) is 0 Å². The van der Waals surface area contributed by atoms with E-state index in [1.165, 1.54) is 0 Å². The lowest BCUT2D eigenvalue weighted by molar-refractivity contribution is 0.0626. The molecule has 0 aliphatic rings. The van der Waals surface area contributed by atoms with Gasteiger partial charge >= 0.3 is 0 Å². The fraction of sp³-hybridized carbons (Fsp3) is 0.727. The van der Waals surface area contributed by atoms with E-state index in [0.717, 1.165) is 18.7 Å². The van der Waals surface area contributed by atoms with Crippen LogP contribution in [0.2, 0.25) is 0 Å². The van der Waals surface area contributed by atoms with Crippen molar-refractivity contribution >= 4 is 0 Å². The number of hydrogen-bond donors (Lipinski definition) is 1. The number of hydrogen-bond acceptors (Lipinski definition) is 4. The standard InChI is InChI=1S/C11H21N3O2/c1-14-6-5-13-11(14)4-3-10(12)9-16-8-7-15-2/h5-6,10H,3-4,7-9,12H2,1-2H3. The first-order valence-electron chi connectivity index (χ1n) is 5.52. The first-order chi connectivity index (χ1) is 7.74. The highest BCUT2D eigenvalue weighted by atomic mass is 16.5. The van der Waals surface area contributed by atoms with Gasteiger partial charge in [0.1, 0.15) is 5.82 Å². The van der Waals surface area contributed by atoms with Gasteiger partial charge < -0.3 is 19.8 Å². The summed E-state index contributed by atoms with van der Waals surface area (Å²) in [5.41, 5.74) is 5.92. The van der Waals surface area contributed by atoms with Crippen LogP contribution in [-0.2, 0) is 22.9 Å². The first kappa shape index (κ1) is 13.2. The molecule has 0 saturated carbocycles. The number of methoxy groups -OCH3 is 1. The Morgan fingerprint density at radius 3 is 2.94 bits per heavy atom. The van der Waals surface area contributed by atoms with Crippen molar-refractivity contribution < 1.29 is 9.47 Å². The molecule has 0 bridgehead atoms. The predicted molar refractivity (Wildman–Crippen MR) is 62.2 cm³/mol. The zero-order valence-electron chi connectivity index (χ0n) is 10.1. The van der Waals surface area contributed by atoms with Gasteiger partial charge in [0.15, 0.2) is 0 Å². The van der Waals surface area contributed by atoms with Crippen LogP contribution >= 0.6 is 0 Å². The Kier molecular flexibility index (Phi) is 6.07. The number of nitrogens with zero attached hydrogens (tertiary/aromatic N) is 2. The number of ether oxygens (including phenoxy) is 2. The second kappa shape index (κ2) is 7.38. The molecule has 0 aliphatic carbocycles. The van der Waals surface area contributed by atoms with Crippen LogP contribution in [0.1, 0.15) is 12.2 Å². The molecule has 1 aromatic heterocycles. The van der Waals surface area contributed by atoms with Gasteiger partial charge in [0.2, 0.25) is 0 Å². The molecule has 0 saturated heterocycles. The second-order valence-corrected chi connectivity index (χ2v) is 3.82. The topological polar surface area (TPSA) is 62.3 Å². The van der Waals surface area contributed by atoms with Crippen LogP contribution < -0.4 is 5.73 Å². The minimum absolute atomic E-state index is 0.0635. The van der Waals surface area contributed by atoms with Crippen LogP contribution in [0.4, 0.5) is 0 Å². The first-order valence-corrected chi connectivity index (χ1v) is 5.52. The largest absolute Gasteiger partial charge is 0.382 e. The van der Waals surface area contributed by atoms with Crippen molar-refractivity contribution in [3.63, 3.8) is 0 Å². The van der Waals surface area contributed by atoms with E-state index in [-0.39, 0.29) is 6.04 Å². The van der Waals surface area contributed by atoms with Crippen LogP contribution in [0, 0.1) is 0 Å². The van der Waals surface area contributed by atoms with Crippen LogP contribution in [0.3, 0.4) is 0 Å². The number of aryl methyl sites for hydroxylation is 2. The Hall–Kier alpha value is -0.910. The van der Waals surface area contributed by atoms with Gasteiger partial charge in [-0.3, -0.25) is 0 Å². The zero-order chi connectivity index (χ0) is 11.8. The summed E-state index contributed by atoms with van der Waals surface area (Å²) < 4.78 is 12.3. The third-order valence-corrected chi connectivity index (χ3v) is 2.42. The molecule has 0 radical (unpaired) electrons. The van der Waals surface area contributed by atoms with Crippen molar-refractivity contribution in [2.45, 2.75) is 18.9 Å². The van der Waals surface area contributed by atoms with Gasteiger partial charge in [-0.2, -0.15) is 0 Å². The molecule has 2 N–H and O–H groups in total. The lowest BCUT2D eigenvalue weighted by atomic mass is 10.2. The number of imidazole rings is 1. The van der Waals surface area contributed by atoms with E-state index >= 15 is 0 Å². The molecule has 1 unspecified atom stereocenters. The number of nitrogens with two attached hydrogens (primary N) is 1. The third kappa shape index (κ3) is 4.74. The quantitative estimate of drug-likeness (QED) is 0.651. The number of aromatic nitrogens is 2. The van der Waals surface area contributed by atoms with E-state index < -0.39 is 0 Å². The molecular weight excluding hydrogens is 206 g/mol. The van der Waals surface area contributed by atoms with Gasteiger partial charge in [-0.1, -0.05) is 0 Å². The van der Waals surface area contributed by atoms with Gasteiger partial charge in [0.25, 0.3) is 0 Å². The summed E-state index contributed by atoms with van der Waals surface area (Å²) in [5.74, 6) is 1.06. The van der Waals surface area contributed by atoms with Crippen LogP contribution in [-0.4, -0.2) is 42.5 Å². The van der Waals surface area contributed by atoms with Gasteiger partial charge in [0.05, 0.1) is 19.8 Å². The molecule has 5 nitrogen and oxygen atoms in total. The molecule has 1 heterocycles. The summed E-state index contributed by atoms with van der Waals surface area (Å²) in [5, 5.41) is 0. The van der Waals surface area contributed by atoms with Crippen molar-refractivity contribution in [2.24, 2.45) is 12.8 Å². The normalized spacial score (nSPS) is 12.9. The lowest BCUT2D eigenvalue weighted by Crippen LogP contribution is -2.27. The Balaban J connectivity index is 2.10. The monoisotopic (exact) mass is 227 g/mol. The highest BCUT2D eigenvalue weighted by Gasteiger charge is 2.05. The van der Waals surface area contributed by atoms with E-state index in [4.69, 9.17) is 15.2 Å². The van der Waals surface area contributed by atoms with E-state index in [2.05, 4.69) is 4.98 Å². The van der Waals surface area contributed by atoms with Crippen LogP contribution in [0.25, 0.3) is 0 Å². The molecule has 92 valence electrons. The predicted octanol–water partition coefficient (Wildman–Crippen LogP) is 0.343. The Morgan fingerprint density at radius 1 is 1.50 bits per heavy atom. The Bertz CT molecular complexity index is 289. The number of rotatable bonds is 8. The summed E-state index contributed by atoms with van der Waals surface area (Å²) in [6, 6.07) is 0.0635. The maximum atomic E-state index is 5.92. The van der Waals surface area contributed by atoms with Crippen molar-refractivity contribution in [2.75, 3.05) is 26.9 Å². The smallest absolute Gasteiger partial charge is 0.108 e. The molecule has 1 rings (SSSR count). The zero-order valence-corrected chi connectivity index (χ0v) is 10.1. The van der Waals surface area contributed by atoms with Gasteiger partial charge in [-0.25, -0.2) is 4.98 Å². The maximum absolute atomic E-state index is 5.92.